The van der Waals surface area contributed by atoms with E-state index in [1.54, 1.807) is 43.5 Å². The van der Waals surface area contributed by atoms with Crippen LogP contribution < -0.4 is 9.46 Å². The lowest BCUT2D eigenvalue weighted by molar-refractivity contribution is 0.407. The molecular formula is C18H18ClN3O3S2. The van der Waals surface area contributed by atoms with E-state index in [1.165, 1.54) is 6.07 Å². The summed E-state index contributed by atoms with van der Waals surface area (Å²) in [5.41, 5.74) is 1.63. The van der Waals surface area contributed by atoms with Crippen LogP contribution in [0, 0.1) is 0 Å². The van der Waals surface area contributed by atoms with Crippen LogP contribution in [-0.2, 0) is 10.0 Å². The third-order valence-corrected chi connectivity index (χ3v) is 6.48. The lowest BCUT2D eigenvalue weighted by Crippen LogP contribution is -2.13. The van der Waals surface area contributed by atoms with E-state index in [-0.39, 0.29) is 15.9 Å². The molecular weight excluding hydrogens is 406 g/mol. The zero-order chi connectivity index (χ0) is 19.6. The van der Waals surface area contributed by atoms with Gasteiger partial charge < -0.3 is 4.74 Å². The van der Waals surface area contributed by atoms with Gasteiger partial charge in [-0.3, -0.25) is 4.72 Å². The van der Waals surface area contributed by atoms with Gasteiger partial charge in [0.25, 0.3) is 10.0 Å². The molecule has 0 aliphatic heterocycles. The fourth-order valence-electron chi connectivity index (χ4n) is 2.48. The zero-order valence-electron chi connectivity index (χ0n) is 14.9. The highest BCUT2D eigenvalue weighted by Gasteiger charge is 2.20. The van der Waals surface area contributed by atoms with E-state index in [2.05, 4.69) is 14.9 Å². The minimum absolute atomic E-state index is 0.119. The number of rotatable bonds is 6. The second-order valence-corrected chi connectivity index (χ2v) is 9.18. The molecule has 0 bridgehead atoms. The summed E-state index contributed by atoms with van der Waals surface area (Å²) in [6.45, 7) is 3.95. The highest BCUT2D eigenvalue weighted by atomic mass is 35.5. The van der Waals surface area contributed by atoms with Crippen molar-refractivity contribution in [3.8, 4) is 16.3 Å². The molecule has 0 spiro atoms. The van der Waals surface area contributed by atoms with Gasteiger partial charge in [-0.2, -0.15) is 0 Å². The first-order chi connectivity index (χ1) is 12.8. The Labute approximate surface area is 167 Å². The monoisotopic (exact) mass is 423 g/mol. The number of methoxy groups -OCH3 is 1. The maximum atomic E-state index is 12.7. The Hall–Kier alpha value is -2.16. The fourth-order valence-corrected chi connectivity index (χ4v) is 4.62. The van der Waals surface area contributed by atoms with Crippen LogP contribution in [0.2, 0.25) is 5.02 Å². The van der Waals surface area contributed by atoms with Gasteiger partial charge in [-0.15, -0.1) is 10.2 Å². The summed E-state index contributed by atoms with van der Waals surface area (Å²) >= 11 is 7.03. The Morgan fingerprint density at radius 2 is 1.81 bits per heavy atom. The van der Waals surface area contributed by atoms with Crippen molar-refractivity contribution in [2.24, 2.45) is 0 Å². The molecule has 6 nitrogen and oxygen atoms in total. The molecule has 1 N–H and O–H groups in total. The van der Waals surface area contributed by atoms with E-state index >= 15 is 0 Å². The van der Waals surface area contributed by atoms with Crippen LogP contribution >= 0.6 is 22.9 Å². The van der Waals surface area contributed by atoms with E-state index in [0.717, 1.165) is 22.5 Å². The van der Waals surface area contributed by atoms with Crippen LogP contribution in [0.25, 0.3) is 10.6 Å². The Balaban J connectivity index is 1.87. The van der Waals surface area contributed by atoms with Crippen molar-refractivity contribution in [1.29, 1.82) is 0 Å². The van der Waals surface area contributed by atoms with Crippen molar-refractivity contribution >= 4 is 38.1 Å². The van der Waals surface area contributed by atoms with Crippen LogP contribution in [0.1, 0.15) is 25.3 Å². The maximum Gasteiger partial charge on any atom is 0.263 e. The molecule has 0 aliphatic carbocycles. The lowest BCUT2D eigenvalue weighted by Gasteiger charge is -2.13. The van der Waals surface area contributed by atoms with E-state index in [0.29, 0.717) is 15.8 Å². The quantitative estimate of drug-likeness (QED) is 0.616. The topological polar surface area (TPSA) is 81.2 Å². The number of aromatic nitrogens is 2. The molecule has 0 saturated heterocycles. The summed E-state index contributed by atoms with van der Waals surface area (Å²) in [6.07, 6.45) is 0. The van der Waals surface area contributed by atoms with Gasteiger partial charge in [0, 0.05) is 10.6 Å². The third kappa shape index (κ3) is 4.40. The zero-order valence-corrected chi connectivity index (χ0v) is 17.3. The van der Waals surface area contributed by atoms with Crippen molar-refractivity contribution in [3.63, 3.8) is 0 Å². The Kier molecular flexibility index (Phi) is 5.69. The average Bonchev–Trinajstić information content (AvgIpc) is 3.09. The first-order valence-corrected chi connectivity index (χ1v) is 10.8. The molecule has 1 aromatic heterocycles. The number of hydrogen-bond donors (Lipinski definition) is 1. The van der Waals surface area contributed by atoms with E-state index in [4.69, 9.17) is 16.3 Å². The molecule has 142 valence electrons. The van der Waals surface area contributed by atoms with Crippen LogP contribution in [0.15, 0.2) is 47.4 Å². The summed E-state index contributed by atoms with van der Waals surface area (Å²) in [5.74, 6) is 0.776. The predicted molar refractivity (Wildman–Crippen MR) is 108 cm³/mol. The molecule has 3 aromatic rings. The molecule has 2 aromatic carbocycles. The molecule has 0 aliphatic rings. The molecule has 27 heavy (non-hydrogen) atoms. The normalized spacial score (nSPS) is 11.6. The SMILES string of the molecule is COc1ccc(S(=O)(=O)Nc2nnc(-c3ccc(Cl)cc3)s2)cc1C(C)C. The van der Waals surface area contributed by atoms with Crippen molar-refractivity contribution in [3.05, 3.63) is 53.1 Å². The van der Waals surface area contributed by atoms with Gasteiger partial charge >= 0.3 is 0 Å². The van der Waals surface area contributed by atoms with Gasteiger partial charge in [-0.05, 0) is 41.8 Å². The average molecular weight is 424 g/mol. The number of sulfonamides is 1. The minimum Gasteiger partial charge on any atom is -0.496 e. The summed E-state index contributed by atoms with van der Waals surface area (Å²) in [5, 5.41) is 9.39. The van der Waals surface area contributed by atoms with Crippen molar-refractivity contribution in [2.45, 2.75) is 24.7 Å². The fraction of sp³-hybridized carbons (Fsp3) is 0.222. The summed E-state index contributed by atoms with van der Waals surface area (Å²) in [4.78, 5) is 0.148. The van der Waals surface area contributed by atoms with Gasteiger partial charge in [0.05, 0.1) is 12.0 Å². The van der Waals surface area contributed by atoms with E-state index < -0.39 is 10.0 Å². The van der Waals surface area contributed by atoms with Crippen molar-refractivity contribution in [2.75, 3.05) is 11.8 Å². The van der Waals surface area contributed by atoms with Gasteiger partial charge in [-0.25, -0.2) is 8.42 Å². The van der Waals surface area contributed by atoms with E-state index in [1.807, 2.05) is 13.8 Å². The van der Waals surface area contributed by atoms with Gasteiger partial charge in [-0.1, -0.05) is 48.9 Å². The lowest BCUT2D eigenvalue weighted by atomic mass is 10.0. The summed E-state index contributed by atoms with van der Waals surface area (Å²) in [6, 6.07) is 11.9. The molecule has 9 heteroatoms. The van der Waals surface area contributed by atoms with Gasteiger partial charge in [0.1, 0.15) is 10.8 Å². The number of nitrogens with zero attached hydrogens (tertiary/aromatic N) is 2. The smallest absolute Gasteiger partial charge is 0.263 e. The van der Waals surface area contributed by atoms with Gasteiger partial charge in [0.2, 0.25) is 5.13 Å². The second-order valence-electron chi connectivity index (χ2n) is 6.08. The van der Waals surface area contributed by atoms with Gasteiger partial charge in [0.15, 0.2) is 0 Å². The Morgan fingerprint density at radius 3 is 2.44 bits per heavy atom. The first kappa shape index (κ1) is 19.6. The molecule has 3 rings (SSSR count). The molecule has 0 atom stereocenters. The minimum atomic E-state index is -3.79. The number of benzene rings is 2. The molecule has 0 radical (unpaired) electrons. The molecule has 0 fully saturated rings. The van der Waals surface area contributed by atoms with Crippen molar-refractivity contribution < 1.29 is 13.2 Å². The molecule has 1 heterocycles. The first-order valence-electron chi connectivity index (χ1n) is 8.10. The van der Waals surface area contributed by atoms with Crippen LogP contribution in [0.3, 0.4) is 0 Å². The number of anilines is 1. The summed E-state index contributed by atoms with van der Waals surface area (Å²) in [7, 11) is -2.23. The Morgan fingerprint density at radius 1 is 1.11 bits per heavy atom. The number of hydrogen-bond acceptors (Lipinski definition) is 6. The largest absolute Gasteiger partial charge is 0.496 e. The van der Waals surface area contributed by atoms with Crippen molar-refractivity contribution in [1.82, 2.24) is 10.2 Å². The summed E-state index contributed by atoms with van der Waals surface area (Å²) < 4.78 is 33.3. The molecule has 0 unspecified atom stereocenters. The molecule has 0 saturated carbocycles. The second kappa shape index (κ2) is 7.84. The highest BCUT2D eigenvalue weighted by molar-refractivity contribution is 7.93. The maximum absolute atomic E-state index is 12.7. The number of halogens is 1. The van der Waals surface area contributed by atoms with E-state index in [9.17, 15) is 8.42 Å². The van der Waals surface area contributed by atoms with Crippen LogP contribution in [0.4, 0.5) is 5.13 Å². The highest BCUT2D eigenvalue weighted by Crippen LogP contribution is 2.31. The number of ether oxygens (including phenoxy) is 1. The number of nitrogens with one attached hydrogen (secondary N) is 1. The Bertz CT molecular complexity index is 1050. The van der Waals surface area contributed by atoms with Crippen LogP contribution in [-0.4, -0.2) is 25.7 Å². The predicted octanol–water partition coefficient (Wildman–Crippen LogP) is 4.79. The third-order valence-electron chi connectivity index (χ3n) is 3.87. The standard InChI is InChI=1S/C18H18ClN3O3S2/c1-11(2)15-10-14(8-9-16(15)25-3)27(23,24)22-18-21-20-17(26-18)12-4-6-13(19)7-5-12/h4-11H,1-3H3,(H,21,22). The van der Waals surface area contributed by atoms with Crippen LogP contribution in [0.5, 0.6) is 5.75 Å². The molecule has 0 amide bonds.